The van der Waals surface area contributed by atoms with E-state index in [9.17, 15) is 14.7 Å². The van der Waals surface area contributed by atoms with Crippen LogP contribution in [-0.2, 0) is 9.59 Å². The Hall–Kier alpha value is -2.82. The van der Waals surface area contributed by atoms with Crippen molar-refractivity contribution < 1.29 is 19.4 Å². The first-order chi connectivity index (χ1) is 11.5. The molecule has 1 aliphatic rings. The van der Waals surface area contributed by atoms with Crippen LogP contribution in [0.5, 0.6) is 5.75 Å². The van der Waals surface area contributed by atoms with Crippen LogP contribution in [0.4, 0.5) is 0 Å². The summed E-state index contributed by atoms with van der Waals surface area (Å²) < 4.78 is 5.61. The number of hydrogen-bond donors (Lipinski definition) is 2. The Kier molecular flexibility index (Phi) is 4.25. The molecule has 2 aromatic carbocycles. The van der Waals surface area contributed by atoms with Gasteiger partial charge in [0.25, 0.3) is 0 Å². The van der Waals surface area contributed by atoms with Crippen molar-refractivity contribution in [2.75, 3.05) is 6.61 Å². The summed E-state index contributed by atoms with van der Waals surface area (Å²) >= 11 is 0. The fraction of sp³-hybridized carbons (Fsp3) is 0.263. The lowest BCUT2D eigenvalue weighted by atomic mass is 9.95. The van der Waals surface area contributed by atoms with Crippen LogP contribution < -0.4 is 10.1 Å². The maximum atomic E-state index is 12.6. The third-order valence-corrected chi connectivity index (χ3v) is 4.39. The van der Waals surface area contributed by atoms with Gasteiger partial charge in [0.2, 0.25) is 5.91 Å². The monoisotopic (exact) mass is 325 g/mol. The van der Waals surface area contributed by atoms with Crippen molar-refractivity contribution in [3.05, 3.63) is 64.7 Å². The lowest BCUT2D eigenvalue weighted by Crippen LogP contribution is -2.37. The van der Waals surface area contributed by atoms with E-state index in [0.717, 1.165) is 16.7 Å². The zero-order valence-corrected chi connectivity index (χ0v) is 13.6. The molecule has 2 atom stereocenters. The summed E-state index contributed by atoms with van der Waals surface area (Å²) in [6.45, 7) is 4.19. The smallest absolute Gasteiger partial charge is 0.330 e. The number of nitrogens with one attached hydrogen (secondary N) is 1. The van der Waals surface area contributed by atoms with E-state index in [1.807, 2.05) is 26.0 Å². The number of benzene rings is 2. The molecule has 0 bridgehead atoms. The molecule has 0 aliphatic carbocycles. The molecule has 0 radical (unpaired) electrons. The first-order valence-corrected chi connectivity index (χ1v) is 7.79. The van der Waals surface area contributed by atoms with Crippen molar-refractivity contribution in [1.29, 1.82) is 0 Å². The number of fused-ring (bicyclic) bond motifs is 1. The standard InChI is InChI=1S/C19H19NO4/c1-11-8-14-15(10-24-16(14)9-12(11)2)18(21)20-17(19(22)23)13-6-4-3-5-7-13/h3-9,15,17H,10H2,1-2H3,(H,20,21)(H,22,23). The van der Waals surface area contributed by atoms with E-state index in [0.29, 0.717) is 11.3 Å². The molecule has 2 aromatic rings. The zero-order valence-electron chi connectivity index (χ0n) is 13.6. The van der Waals surface area contributed by atoms with Crippen molar-refractivity contribution in [3.8, 4) is 5.75 Å². The molecular formula is C19H19NO4. The number of carbonyl (C=O) groups is 2. The molecule has 0 spiro atoms. The van der Waals surface area contributed by atoms with Crippen LogP contribution in [0.25, 0.3) is 0 Å². The van der Waals surface area contributed by atoms with Gasteiger partial charge in [0.05, 0.1) is 0 Å². The Morgan fingerprint density at radius 3 is 2.50 bits per heavy atom. The van der Waals surface area contributed by atoms with E-state index >= 15 is 0 Å². The largest absolute Gasteiger partial charge is 0.492 e. The summed E-state index contributed by atoms with van der Waals surface area (Å²) in [5.41, 5.74) is 3.53. The molecule has 2 N–H and O–H groups in total. The second-order valence-electron chi connectivity index (χ2n) is 6.03. The van der Waals surface area contributed by atoms with Gasteiger partial charge in [0, 0.05) is 5.56 Å². The first kappa shape index (κ1) is 16.1. The fourth-order valence-corrected chi connectivity index (χ4v) is 2.87. The molecule has 0 saturated carbocycles. The van der Waals surface area contributed by atoms with Crippen LogP contribution in [0.3, 0.4) is 0 Å². The van der Waals surface area contributed by atoms with Crippen LogP contribution >= 0.6 is 0 Å². The molecule has 1 amide bonds. The number of ether oxygens (including phenoxy) is 1. The van der Waals surface area contributed by atoms with E-state index in [2.05, 4.69) is 5.32 Å². The molecule has 124 valence electrons. The van der Waals surface area contributed by atoms with Crippen molar-refractivity contribution in [2.45, 2.75) is 25.8 Å². The first-order valence-electron chi connectivity index (χ1n) is 7.79. The summed E-state index contributed by atoms with van der Waals surface area (Å²) in [5.74, 6) is -1.23. The summed E-state index contributed by atoms with van der Waals surface area (Å²) in [4.78, 5) is 24.2. The maximum absolute atomic E-state index is 12.6. The predicted octanol–water partition coefficient (Wildman–Crippen LogP) is 2.72. The number of carboxylic acid groups (broad SMARTS) is 1. The minimum atomic E-state index is -1.09. The Morgan fingerprint density at radius 1 is 1.17 bits per heavy atom. The normalized spacial score (nSPS) is 16.8. The predicted molar refractivity (Wildman–Crippen MR) is 89.1 cm³/mol. The molecule has 3 rings (SSSR count). The van der Waals surface area contributed by atoms with Gasteiger partial charge in [-0.2, -0.15) is 0 Å². The van der Waals surface area contributed by atoms with Gasteiger partial charge in [0.1, 0.15) is 18.3 Å². The Balaban J connectivity index is 1.83. The van der Waals surface area contributed by atoms with Crippen LogP contribution in [0.2, 0.25) is 0 Å². The fourth-order valence-electron chi connectivity index (χ4n) is 2.87. The van der Waals surface area contributed by atoms with Crippen LogP contribution in [0.15, 0.2) is 42.5 Å². The Bertz CT molecular complexity index is 785. The van der Waals surface area contributed by atoms with Crippen molar-refractivity contribution in [2.24, 2.45) is 0 Å². The molecule has 0 fully saturated rings. The summed E-state index contributed by atoms with van der Waals surface area (Å²) in [5, 5.41) is 12.1. The Labute approximate surface area is 140 Å². The van der Waals surface area contributed by atoms with E-state index in [-0.39, 0.29) is 12.5 Å². The van der Waals surface area contributed by atoms with Crippen LogP contribution in [0.1, 0.15) is 34.2 Å². The maximum Gasteiger partial charge on any atom is 0.330 e. The highest BCUT2D eigenvalue weighted by Gasteiger charge is 2.33. The number of aliphatic carboxylic acids is 1. The van der Waals surface area contributed by atoms with Gasteiger partial charge in [-0.05, 0) is 36.6 Å². The molecule has 1 aliphatic heterocycles. The molecule has 5 nitrogen and oxygen atoms in total. The molecular weight excluding hydrogens is 306 g/mol. The lowest BCUT2D eigenvalue weighted by Gasteiger charge is -2.17. The summed E-state index contributed by atoms with van der Waals surface area (Å²) in [6, 6.07) is 11.5. The molecule has 2 unspecified atom stereocenters. The molecule has 5 heteroatoms. The number of rotatable bonds is 4. The number of carboxylic acids is 1. The zero-order chi connectivity index (χ0) is 17.3. The van der Waals surface area contributed by atoms with Gasteiger partial charge in [-0.15, -0.1) is 0 Å². The second-order valence-corrected chi connectivity index (χ2v) is 6.03. The van der Waals surface area contributed by atoms with Crippen molar-refractivity contribution >= 4 is 11.9 Å². The average Bonchev–Trinajstić information content (AvgIpc) is 2.96. The molecule has 1 heterocycles. The SMILES string of the molecule is Cc1cc2c(cc1C)C(C(=O)NC(C(=O)O)c1ccccc1)CO2. The molecule has 24 heavy (non-hydrogen) atoms. The average molecular weight is 325 g/mol. The van der Waals surface area contributed by atoms with Gasteiger partial charge >= 0.3 is 5.97 Å². The molecule has 0 saturated heterocycles. The lowest BCUT2D eigenvalue weighted by molar-refractivity contribution is -0.142. The van der Waals surface area contributed by atoms with E-state index < -0.39 is 17.9 Å². The summed E-state index contributed by atoms with van der Waals surface area (Å²) in [6.07, 6.45) is 0. The topological polar surface area (TPSA) is 75.6 Å². The third-order valence-electron chi connectivity index (χ3n) is 4.39. The third kappa shape index (κ3) is 2.97. The van der Waals surface area contributed by atoms with Crippen molar-refractivity contribution in [3.63, 3.8) is 0 Å². The highest BCUT2D eigenvalue weighted by molar-refractivity contribution is 5.90. The second kappa shape index (κ2) is 6.35. The minimum Gasteiger partial charge on any atom is -0.492 e. The number of amides is 1. The van der Waals surface area contributed by atoms with E-state index in [4.69, 9.17) is 4.74 Å². The van der Waals surface area contributed by atoms with Gasteiger partial charge in [-0.25, -0.2) is 4.79 Å². The van der Waals surface area contributed by atoms with Gasteiger partial charge in [-0.1, -0.05) is 36.4 Å². The van der Waals surface area contributed by atoms with Gasteiger partial charge in [-0.3, -0.25) is 4.79 Å². The molecule has 0 aromatic heterocycles. The minimum absolute atomic E-state index is 0.227. The van der Waals surface area contributed by atoms with Gasteiger partial charge in [0.15, 0.2) is 6.04 Å². The highest BCUT2D eigenvalue weighted by atomic mass is 16.5. The van der Waals surface area contributed by atoms with E-state index in [1.165, 1.54) is 0 Å². The van der Waals surface area contributed by atoms with Crippen molar-refractivity contribution in [1.82, 2.24) is 5.32 Å². The Morgan fingerprint density at radius 2 is 1.83 bits per heavy atom. The number of hydrogen-bond acceptors (Lipinski definition) is 3. The number of aryl methyl sites for hydroxylation is 2. The number of carbonyl (C=O) groups excluding carboxylic acids is 1. The highest BCUT2D eigenvalue weighted by Crippen LogP contribution is 2.36. The van der Waals surface area contributed by atoms with Crippen LogP contribution in [0, 0.1) is 13.8 Å². The van der Waals surface area contributed by atoms with Crippen LogP contribution in [-0.4, -0.2) is 23.6 Å². The summed E-state index contributed by atoms with van der Waals surface area (Å²) in [7, 11) is 0. The quantitative estimate of drug-likeness (QED) is 0.906. The van der Waals surface area contributed by atoms with Gasteiger partial charge < -0.3 is 15.2 Å². The van der Waals surface area contributed by atoms with E-state index in [1.54, 1.807) is 30.3 Å².